The largest absolute Gasteiger partial charge is 0.443 e. The van der Waals surface area contributed by atoms with E-state index in [-0.39, 0.29) is 0 Å². The zero-order chi connectivity index (χ0) is 9.52. The molecule has 0 bridgehead atoms. The van der Waals surface area contributed by atoms with Crippen molar-refractivity contribution in [3.05, 3.63) is 30.7 Å². The van der Waals surface area contributed by atoms with Crippen molar-refractivity contribution < 1.29 is 4.42 Å². The number of para-hydroxylation sites is 2. The van der Waals surface area contributed by atoms with Crippen LogP contribution in [0.15, 0.2) is 35.1 Å². The molecule has 2 aromatic rings. The number of hydrogen-bond donors (Lipinski definition) is 0. The van der Waals surface area contributed by atoms with Gasteiger partial charge in [-0.1, -0.05) is 38.8 Å². The number of oxazole rings is 1. The number of nitrogens with zero attached hydrogens (tertiary/aromatic N) is 1. The monoisotopic (exact) mass is 177 g/mol. The minimum Gasteiger partial charge on any atom is -0.443 e. The molecule has 70 valence electrons. The van der Waals surface area contributed by atoms with Gasteiger partial charge < -0.3 is 4.42 Å². The zero-order valence-electron chi connectivity index (χ0n) is 8.16. The summed E-state index contributed by atoms with van der Waals surface area (Å²) in [5.74, 6) is 0. The van der Waals surface area contributed by atoms with E-state index in [4.69, 9.17) is 4.42 Å². The van der Waals surface area contributed by atoms with E-state index in [1.54, 1.807) is 0 Å². The molecule has 1 aromatic carbocycles. The second-order valence-electron chi connectivity index (χ2n) is 2.82. The first-order valence-corrected chi connectivity index (χ1v) is 4.66. The lowest BCUT2D eigenvalue weighted by atomic mass is 10.3. The highest BCUT2D eigenvalue weighted by molar-refractivity contribution is 5.71. The molecule has 0 amide bonds. The van der Waals surface area contributed by atoms with Crippen LogP contribution in [0.5, 0.6) is 0 Å². The summed E-state index contributed by atoms with van der Waals surface area (Å²) in [5.41, 5.74) is 1.76. The molecule has 0 saturated carbocycles. The van der Waals surface area contributed by atoms with Gasteiger partial charge in [-0.05, 0) is 12.1 Å². The van der Waals surface area contributed by atoms with Crippen molar-refractivity contribution in [1.82, 2.24) is 4.98 Å². The van der Waals surface area contributed by atoms with Gasteiger partial charge in [0.2, 0.25) is 0 Å². The van der Waals surface area contributed by atoms with Crippen molar-refractivity contribution in [1.29, 1.82) is 0 Å². The average Bonchev–Trinajstić information content (AvgIpc) is 2.66. The Morgan fingerprint density at radius 3 is 2.46 bits per heavy atom. The molecular weight excluding hydrogens is 162 g/mol. The summed E-state index contributed by atoms with van der Waals surface area (Å²) in [6, 6.07) is 7.67. The SMILES string of the molecule is CCCC.c1ccc2ocnc2c1. The third-order valence-corrected chi connectivity index (χ3v) is 1.74. The molecular formula is C11H15NO. The van der Waals surface area contributed by atoms with Gasteiger partial charge in [-0.2, -0.15) is 0 Å². The van der Waals surface area contributed by atoms with E-state index >= 15 is 0 Å². The maximum Gasteiger partial charge on any atom is 0.181 e. The van der Waals surface area contributed by atoms with Crippen molar-refractivity contribution in [2.75, 3.05) is 0 Å². The number of hydrogen-bond acceptors (Lipinski definition) is 2. The number of aromatic nitrogens is 1. The Hall–Kier alpha value is -1.31. The number of rotatable bonds is 1. The summed E-state index contributed by atoms with van der Waals surface area (Å²) in [4.78, 5) is 3.95. The zero-order valence-corrected chi connectivity index (χ0v) is 8.16. The number of unbranched alkanes of at least 4 members (excludes halogenated alkanes) is 1. The normalized spacial score (nSPS) is 9.38. The molecule has 1 heterocycles. The molecule has 13 heavy (non-hydrogen) atoms. The molecule has 2 heteroatoms. The highest BCUT2D eigenvalue weighted by Crippen LogP contribution is 2.09. The summed E-state index contributed by atoms with van der Waals surface area (Å²) in [6.07, 6.45) is 4.09. The maximum atomic E-state index is 5.01. The van der Waals surface area contributed by atoms with Gasteiger partial charge in [0.15, 0.2) is 12.0 Å². The summed E-state index contributed by atoms with van der Waals surface area (Å²) in [6.45, 7) is 4.36. The fraction of sp³-hybridized carbons (Fsp3) is 0.364. The van der Waals surface area contributed by atoms with Crippen LogP contribution >= 0.6 is 0 Å². The van der Waals surface area contributed by atoms with Gasteiger partial charge in [-0.15, -0.1) is 0 Å². The van der Waals surface area contributed by atoms with E-state index in [0.717, 1.165) is 11.1 Å². The van der Waals surface area contributed by atoms with Crippen molar-refractivity contribution in [3.63, 3.8) is 0 Å². The molecule has 1 aromatic heterocycles. The van der Waals surface area contributed by atoms with Gasteiger partial charge in [0.05, 0.1) is 0 Å². The average molecular weight is 177 g/mol. The van der Waals surface area contributed by atoms with E-state index in [0.29, 0.717) is 0 Å². The summed E-state index contributed by atoms with van der Waals surface area (Å²) in [5, 5.41) is 0. The summed E-state index contributed by atoms with van der Waals surface area (Å²) in [7, 11) is 0. The maximum absolute atomic E-state index is 5.01. The van der Waals surface area contributed by atoms with Gasteiger partial charge in [-0.25, -0.2) is 4.98 Å². The summed E-state index contributed by atoms with van der Waals surface area (Å²) < 4.78 is 5.01. The van der Waals surface area contributed by atoms with Crippen LogP contribution < -0.4 is 0 Å². The number of benzene rings is 1. The van der Waals surface area contributed by atoms with E-state index in [1.807, 2.05) is 24.3 Å². The molecule has 0 N–H and O–H groups in total. The van der Waals surface area contributed by atoms with Crippen molar-refractivity contribution in [3.8, 4) is 0 Å². The first kappa shape index (κ1) is 9.78. The first-order chi connectivity index (χ1) is 6.38. The van der Waals surface area contributed by atoms with Gasteiger partial charge in [-0.3, -0.25) is 0 Å². The molecule has 0 spiro atoms. The van der Waals surface area contributed by atoms with Crippen LogP contribution in [-0.2, 0) is 0 Å². The Bertz CT molecular complexity index is 308. The lowest BCUT2D eigenvalue weighted by Gasteiger charge is -1.79. The minimum absolute atomic E-state index is 0.845. The van der Waals surface area contributed by atoms with E-state index in [1.165, 1.54) is 19.2 Å². The molecule has 2 rings (SSSR count). The quantitative estimate of drug-likeness (QED) is 0.664. The van der Waals surface area contributed by atoms with Crippen LogP contribution in [0.4, 0.5) is 0 Å². The molecule has 0 fully saturated rings. The van der Waals surface area contributed by atoms with Gasteiger partial charge in [0.25, 0.3) is 0 Å². The Kier molecular flexibility index (Phi) is 4.03. The standard InChI is InChI=1S/C7H5NO.C4H10/c1-2-4-7-6(3-1)8-5-9-7;1-3-4-2/h1-5H;3-4H2,1-2H3. The Morgan fingerprint density at radius 1 is 1.15 bits per heavy atom. The highest BCUT2D eigenvalue weighted by atomic mass is 16.3. The summed E-state index contributed by atoms with van der Waals surface area (Å²) >= 11 is 0. The first-order valence-electron chi connectivity index (χ1n) is 4.66. The van der Waals surface area contributed by atoms with Crippen molar-refractivity contribution >= 4 is 11.1 Å². The molecule has 0 unspecified atom stereocenters. The van der Waals surface area contributed by atoms with Gasteiger partial charge >= 0.3 is 0 Å². The van der Waals surface area contributed by atoms with Gasteiger partial charge in [0.1, 0.15) is 5.52 Å². The van der Waals surface area contributed by atoms with Crippen molar-refractivity contribution in [2.45, 2.75) is 26.7 Å². The highest BCUT2D eigenvalue weighted by Gasteiger charge is 1.91. The molecule has 0 aliphatic rings. The molecule has 0 atom stereocenters. The van der Waals surface area contributed by atoms with Crippen LogP contribution in [-0.4, -0.2) is 4.98 Å². The van der Waals surface area contributed by atoms with Crippen molar-refractivity contribution in [2.24, 2.45) is 0 Å². The fourth-order valence-electron chi connectivity index (χ4n) is 0.803. The van der Waals surface area contributed by atoms with E-state index < -0.39 is 0 Å². The fourth-order valence-corrected chi connectivity index (χ4v) is 0.803. The third kappa shape index (κ3) is 2.90. The Morgan fingerprint density at radius 2 is 1.85 bits per heavy atom. The predicted octanol–water partition coefficient (Wildman–Crippen LogP) is 3.63. The second kappa shape index (κ2) is 5.36. The lowest BCUT2D eigenvalue weighted by Crippen LogP contribution is -1.61. The minimum atomic E-state index is 0.845. The topological polar surface area (TPSA) is 26.0 Å². The molecule has 0 aliphatic carbocycles. The Balaban J connectivity index is 0.000000184. The van der Waals surface area contributed by atoms with Crippen LogP contribution in [0.25, 0.3) is 11.1 Å². The smallest absolute Gasteiger partial charge is 0.181 e. The predicted molar refractivity (Wildman–Crippen MR) is 54.6 cm³/mol. The van der Waals surface area contributed by atoms with Crippen LogP contribution in [0, 0.1) is 0 Å². The van der Waals surface area contributed by atoms with E-state index in [9.17, 15) is 0 Å². The molecule has 0 aliphatic heterocycles. The van der Waals surface area contributed by atoms with Crippen LogP contribution in [0.3, 0.4) is 0 Å². The van der Waals surface area contributed by atoms with Crippen LogP contribution in [0.1, 0.15) is 26.7 Å². The second-order valence-corrected chi connectivity index (χ2v) is 2.82. The van der Waals surface area contributed by atoms with Gasteiger partial charge in [0, 0.05) is 0 Å². The molecule has 0 radical (unpaired) electrons. The molecule has 2 nitrogen and oxygen atoms in total. The Labute approximate surface area is 78.6 Å². The lowest BCUT2D eigenvalue weighted by molar-refractivity contribution is 0.602. The molecule has 0 saturated heterocycles. The van der Waals surface area contributed by atoms with E-state index in [2.05, 4.69) is 18.8 Å². The van der Waals surface area contributed by atoms with Crippen LogP contribution in [0.2, 0.25) is 0 Å². The third-order valence-electron chi connectivity index (χ3n) is 1.74. The number of fused-ring (bicyclic) bond motifs is 1.